The van der Waals surface area contributed by atoms with Crippen LogP contribution in [-0.2, 0) is 0 Å². The number of fused-ring (bicyclic) bond motifs is 1. The normalized spacial score (nSPS) is 22.9. The first-order chi connectivity index (χ1) is 14.6. The highest BCUT2D eigenvalue weighted by Crippen LogP contribution is 2.35. The van der Waals surface area contributed by atoms with Gasteiger partial charge in [-0.25, -0.2) is 9.07 Å². The number of aromatic nitrogens is 5. The molecule has 3 aromatic heterocycles. The van der Waals surface area contributed by atoms with E-state index < -0.39 is 6.17 Å². The minimum atomic E-state index is -0.999. The number of piperidine rings is 1. The Bertz CT molecular complexity index is 1030. The van der Waals surface area contributed by atoms with Crippen LogP contribution in [0.5, 0.6) is 5.88 Å². The van der Waals surface area contributed by atoms with Gasteiger partial charge >= 0.3 is 0 Å². The van der Waals surface area contributed by atoms with Crippen molar-refractivity contribution in [2.75, 3.05) is 25.0 Å². The van der Waals surface area contributed by atoms with Gasteiger partial charge in [-0.2, -0.15) is 15.1 Å². The molecule has 2 fully saturated rings. The molecule has 2 aliphatic rings. The lowest BCUT2D eigenvalue weighted by Crippen LogP contribution is -2.49. The van der Waals surface area contributed by atoms with Crippen molar-refractivity contribution in [2.45, 2.75) is 50.9 Å². The smallest absolute Gasteiger partial charge is 0.232 e. The number of anilines is 2. The monoisotopic (exact) mass is 433 g/mol. The number of hydrogen-bond acceptors (Lipinski definition) is 6. The van der Waals surface area contributed by atoms with Crippen LogP contribution in [0, 0.1) is 0 Å². The summed E-state index contributed by atoms with van der Waals surface area (Å²) in [7, 11) is 0. The first kappa shape index (κ1) is 19.6. The zero-order valence-corrected chi connectivity index (χ0v) is 17.6. The van der Waals surface area contributed by atoms with Crippen molar-refractivity contribution in [3.05, 3.63) is 23.6 Å². The van der Waals surface area contributed by atoms with Gasteiger partial charge in [-0.05, 0) is 32.3 Å². The summed E-state index contributed by atoms with van der Waals surface area (Å²) in [4.78, 5) is 14.2. The third kappa shape index (κ3) is 3.50. The van der Waals surface area contributed by atoms with Crippen LogP contribution < -0.4 is 10.1 Å². The van der Waals surface area contributed by atoms with Gasteiger partial charge in [0.2, 0.25) is 11.8 Å². The fourth-order valence-electron chi connectivity index (χ4n) is 4.27. The summed E-state index contributed by atoms with van der Waals surface area (Å²) in [5, 5.41) is 8.63. The van der Waals surface area contributed by atoms with Gasteiger partial charge in [0.25, 0.3) is 0 Å². The molecule has 0 bridgehead atoms. The number of hydrogen-bond donors (Lipinski definition) is 2. The molecular formula is C20H25ClFN7O. The van der Waals surface area contributed by atoms with Gasteiger partial charge in [-0.15, -0.1) is 0 Å². The summed E-state index contributed by atoms with van der Waals surface area (Å²) in [6, 6.07) is 2.05. The second-order valence-electron chi connectivity index (χ2n) is 7.90. The molecule has 8 nitrogen and oxygen atoms in total. The molecule has 3 aromatic rings. The van der Waals surface area contributed by atoms with Gasteiger partial charge in [-0.3, -0.25) is 4.90 Å². The number of aromatic amines is 1. The van der Waals surface area contributed by atoms with Gasteiger partial charge < -0.3 is 15.0 Å². The number of nitrogens with zero attached hydrogens (tertiary/aromatic N) is 5. The third-order valence-corrected chi connectivity index (χ3v) is 6.46. The Morgan fingerprint density at radius 1 is 1.33 bits per heavy atom. The van der Waals surface area contributed by atoms with Crippen LogP contribution in [0.15, 0.2) is 18.5 Å². The molecule has 30 heavy (non-hydrogen) atoms. The summed E-state index contributed by atoms with van der Waals surface area (Å²) in [5.74, 6) is 0.827. The summed E-state index contributed by atoms with van der Waals surface area (Å²) in [6.07, 6.45) is 6.69. The standard InChI is InChI=1S/C20H25ClFN7O/c1-2-30-19-13-6-8-23-18(13)26-20(27-19)25-15-10-24-29(17(15)21)16-7-9-28(11-14(16)22)12-4-3-5-12/h6,8,10,12,14,16H,2-5,7,9,11H2,1H3,(H2,23,25,26,27)/t14-,16-/m1/s1. The first-order valence-corrected chi connectivity index (χ1v) is 10.9. The molecule has 5 rings (SSSR count). The number of likely N-dealkylation sites (tertiary alicyclic amines) is 1. The fraction of sp³-hybridized carbons (Fsp3) is 0.550. The minimum absolute atomic E-state index is 0.339. The molecule has 2 N–H and O–H groups in total. The highest BCUT2D eigenvalue weighted by atomic mass is 35.5. The van der Waals surface area contributed by atoms with E-state index in [1.54, 1.807) is 17.1 Å². The molecule has 0 unspecified atom stereocenters. The lowest BCUT2D eigenvalue weighted by Gasteiger charge is -2.43. The maximum absolute atomic E-state index is 15.0. The van der Waals surface area contributed by atoms with Crippen molar-refractivity contribution >= 4 is 34.3 Å². The highest BCUT2D eigenvalue weighted by molar-refractivity contribution is 6.32. The molecular weight excluding hydrogens is 409 g/mol. The molecule has 0 spiro atoms. The molecule has 1 aliphatic carbocycles. The highest BCUT2D eigenvalue weighted by Gasteiger charge is 2.36. The lowest BCUT2D eigenvalue weighted by atomic mass is 9.89. The average molecular weight is 434 g/mol. The minimum Gasteiger partial charge on any atom is -0.477 e. The summed E-state index contributed by atoms with van der Waals surface area (Å²) in [6.45, 7) is 3.71. The van der Waals surface area contributed by atoms with Crippen molar-refractivity contribution in [3.63, 3.8) is 0 Å². The zero-order chi connectivity index (χ0) is 20.7. The van der Waals surface area contributed by atoms with Crippen LogP contribution in [0.3, 0.4) is 0 Å². The van der Waals surface area contributed by atoms with Gasteiger partial charge in [0, 0.05) is 25.3 Å². The Labute approximate surface area is 178 Å². The maximum Gasteiger partial charge on any atom is 0.232 e. The van der Waals surface area contributed by atoms with Crippen LogP contribution >= 0.6 is 11.6 Å². The van der Waals surface area contributed by atoms with Gasteiger partial charge in [-0.1, -0.05) is 18.0 Å². The Kier molecular flexibility index (Phi) is 5.24. The predicted octanol–water partition coefficient (Wildman–Crippen LogP) is 4.09. The molecule has 1 saturated carbocycles. The Morgan fingerprint density at radius 2 is 2.20 bits per heavy atom. The third-order valence-electron chi connectivity index (χ3n) is 6.09. The van der Waals surface area contributed by atoms with Crippen LogP contribution in [0.2, 0.25) is 5.15 Å². The van der Waals surface area contributed by atoms with E-state index >= 15 is 0 Å². The quantitative estimate of drug-likeness (QED) is 0.609. The molecule has 1 aliphatic heterocycles. The van der Waals surface area contributed by atoms with Crippen molar-refractivity contribution in [1.29, 1.82) is 0 Å². The van der Waals surface area contributed by atoms with Crippen LogP contribution in [0.25, 0.3) is 11.0 Å². The van der Waals surface area contributed by atoms with Crippen molar-refractivity contribution in [2.24, 2.45) is 0 Å². The zero-order valence-electron chi connectivity index (χ0n) is 16.8. The van der Waals surface area contributed by atoms with E-state index in [0.29, 0.717) is 53.9 Å². The number of halogens is 2. The van der Waals surface area contributed by atoms with Crippen LogP contribution in [0.4, 0.5) is 16.0 Å². The van der Waals surface area contributed by atoms with E-state index in [0.717, 1.165) is 11.9 Å². The number of ether oxygens (including phenoxy) is 1. The SMILES string of the molecule is CCOc1nc(Nc2cnn([C@@H]3CCN(C4CCC4)C[C@H]3F)c2Cl)nc2[nH]ccc12. The second-order valence-corrected chi connectivity index (χ2v) is 8.25. The Balaban J connectivity index is 1.34. The van der Waals surface area contributed by atoms with E-state index in [2.05, 4.69) is 30.3 Å². The van der Waals surface area contributed by atoms with E-state index in [1.165, 1.54) is 19.3 Å². The average Bonchev–Trinajstić information content (AvgIpc) is 3.29. The topological polar surface area (TPSA) is 83.9 Å². The van der Waals surface area contributed by atoms with Crippen LogP contribution in [0.1, 0.15) is 38.6 Å². The number of alkyl halides is 1. The maximum atomic E-state index is 15.0. The van der Waals surface area contributed by atoms with Crippen molar-refractivity contribution < 1.29 is 9.13 Å². The number of rotatable bonds is 6. The summed E-state index contributed by atoms with van der Waals surface area (Å²) < 4.78 is 22.2. The predicted molar refractivity (Wildman–Crippen MR) is 113 cm³/mol. The largest absolute Gasteiger partial charge is 0.477 e. The van der Waals surface area contributed by atoms with E-state index in [-0.39, 0.29) is 6.04 Å². The first-order valence-electron chi connectivity index (χ1n) is 10.5. The fourth-order valence-corrected chi connectivity index (χ4v) is 4.54. The van der Waals surface area contributed by atoms with Crippen LogP contribution in [-0.4, -0.2) is 61.5 Å². The molecule has 4 heterocycles. The number of nitrogens with one attached hydrogen (secondary N) is 2. The molecule has 0 aromatic carbocycles. The van der Waals surface area contributed by atoms with E-state index in [1.807, 2.05) is 13.0 Å². The lowest BCUT2D eigenvalue weighted by molar-refractivity contribution is 0.0302. The van der Waals surface area contributed by atoms with E-state index in [4.69, 9.17) is 16.3 Å². The molecule has 0 amide bonds. The van der Waals surface area contributed by atoms with Gasteiger partial charge in [0.1, 0.15) is 11.8 Å². The van der Waals surface area contributed by atoms with Crippen molar-refractivity contribution in [3.8, 4) is 5.88 Å². The summed E-state index contributed by atoms with van der Waals surface area (Å²) in [5.41, 5.74) is 1.20. The Hall–Kier alpha value is -2.39. The Morgan fingerprint density at radius 3 is 2.93 bits per heavy atom. The molecule has 0 radical (unpaired) electrons. The molecule has 1 saturated heterocycles. The van der Waals surface area contributed by atoms with E-state index in [9.17, 15) is 4.39 Å². The van der Waals surface area contributed by atoms with Gasteiger partial charge in [0.05, 0.1) is 29.9 Å². The van der Waals surface area contributed by atoms with Crippen molar-refractivity contribution in [1.82, 2.24) is 29.6 Å². The second kappa shape index (κ2) is 8.03. The van der Waals surface area contributed by atoms with Gasteiger partial charge in [0.15, 0.2) is 5.15 Å². The molecule has 160 valence electrons. The molecule has 2 atom stereocenters. The summed E-state index contributed by atoms with van der Waals surface area (Å²) >= 11 is 6.57. The number of H-pyrrole nitrogens is 1. The molecule has 10 heteroatoms.